The predicted octanol–water partition coefficient (Wildman–Crippen LogP) is 1.81. The lowest BCUT2D eigenvalue weighted by Crippen LogP contribution is -2.29. The molecule has 2 aromatic rings. The molecule has 0 saturated carbocycles. The molecular weight excluding hydrogens is 354 g/mol. The zero-order chi connectivity index (χ0) is 17.0. The first-order chi connectivity index (χ1) is 10.8. The van der Waals surface area contributed by atoms with Crippen LogP contribution in [0.4, 0.5) is 5.69 Å². The Morgan fingerprint density at radius 1 is 1.25 bits per heavy atom. The number of carbonyl (C=O) groups is 1. The normalized spacial score (nSPS) is 11.0. The summed E-state index contributed by atoms with van der Waals surface area (Å²) < 4.78 is 31.8. The SMILES string of the molecule is Cc1cc(C(=O)Nc2cccc(S(=O)(=O)NCCN)c2)c(C)o1.Cl. The number of nitrogens with one attached hydrogen (secondary N) is 2. The van der Waals surface area contributed by atoms with Gasteiger partial charge in [0.2, 0.25) is 10.0 Å². The number of benzene rings is 1. The second-order valence-electron chi connectivity index (χ2n) is 5.00. The number of aryl methyl sites for hydroxylation is 2. The van der Waals surface area contributed by atoms with Crippen LogP contribution in [-0.4, -0.2) is 27.4 Å². The van der Waals surface area contributed by atoms with Crippen LogP contribution in [0.2, 0.25) is 0 Å². The van der Waals surface area contributed by atoms with E-state index >= 15 is 0 Å². The third-order valence-electron chi connectivity index (χ3n) is 3.12. The number of sulfonamides is 1. The highest BCUT2D eigenvalue weighted by molar-refractivity contribution is 7.89. The van der Waals surface area contributed by atoms with E-state index in [-0.39, 0.29) is 36.3 Å². The van der Waals surface area contributed by atoms with E-state index in [1.807, 2.05) is 0 Å². The second kappa shape index (κ2) is 8.29. The minimum atomic E-state index is -3.65. The quantitative estimate of drug-likeness (QED) is 0.714. The summed E-state index contributed by atoms with van der Waals surface area (Å²) in [5.41, 5.74) is 6.09. The number of amides is 1. The van der Waals surface area contributed by atoms with Crippen LogP contribution in [0.25, 0.3) is 0 Å². The van der Waals surface area contributed by atoms with Crippen molar-refractivity contribution in [1.82, 2.24) is 4.72 Å². The molecule has 1 heterocycles. The number of hydrogen-bond acceptors (Lipinski definition) is 5. The van der Waals surface area contributed by atoms with Crippen LogP contribution < -0.4 is 15.8 Å². The summed E-state index contributed by atoms with van der Waals surface area (Å²) in [6.07, 6.45) is 0. The zero-order valence-corrected chi connectivity index (χ0v) is 15.0. The average molecular weight is 374 g/mol. The maximum absolute atomic E-state index is 12.2. The van der Waals surface area contributed by atoms with Crippen LogP contribution in [0.1, 0.15) is 21.9 Å². The molecule has 1 amide bonds. The molecule has 1 aromatic carbocycles. The highest BCUT2D eigenvalue weighted by atomic mass is 35.5. The first kappa shape index (κ1) is 20.2. The predicted molar refractivity (Wildman–Crippen MR) is 94.1 cm³/mol. The monoisotopic (exact) mass is 373 g/mol. The van der Waals surface area contributed by atoms with Gasteiger partial charge < -0.3 is 15.5 Å². The molecule has 9 heteroatoms. The number of hydrogen-bond donors (Lipinski definition) is 3. The Hall–Kier alpha value is -1.87. The van der Waals surface area contributed by atoms with E-state index in [9.17, 15) is 13.2 Å². The average Bonchev–Trinajstić information content (AvgIpc) is 2.84. The van der Waals surface area contributed by atoms with Gasteiger partial charge in [-0.3, -0.25) is 4.79 Å². The van der Waals surface area contributed by atoms with Crippen molar-refractivity contribution in [3.63, 3.8) is 0 Å². The van der Waals surface area contributed by atoms with Crippen molar-refractivity contribution in [1.29, 1.82) is 0 Å². The van der Waals surface area contributed by atoms with E-state index in [4.69, 9.17) is 10.2 Å². The van der Waals surface area contributed by atoms with Gasteiger partial charge in [-0.2, -0.15) is 0 Å². The summed E-state index contributed by atoms with van der Waals surface area (Å²) in [4.78, 5) is 12.3. The fourth-order valence-corrected chi connectivity index (χ4v) is 3.17. The number of anilines is 1. The van der Waals surface area contributed by atoms with Crippen molar-refractivity contribution in [2.45, 2.75) is 18.7 Å². The lowest BCUT2D eigenvalue weighted by atomic mass is 10.2. The molecule has 0 aliphatic rings. The van der Waals surface area contributed by atoms with E-state index in [0.717, 1.165) is 0 Å². The number of halogens is 1. The van der Waals surface area contributed by atoms with Gasteiger partial charge in [-0.25, -0.2) is 13.1 Å². The molecule has 0 unspecified atom stereocenters. The number of rotatable bonds is 6. The fourth-order valence-electron chi connectivity index (χ4n) is 2.07. The van der Waals surface area contributed by atoms with Crippen molar-refractivity contribution >= 4 is 34.0 Å². The number of furan rings is 1. The standard InChI is InChI=1S/C15H19N3O4S.ClH/c1-10-8-14(11(2)22-10)15(19)18-12-4-3-5-13(9-12)23(20,21)17-7-6-16;/h3-5,8-9,17H,6-7,16H2,1-2H3,(H,18,19);1H. The van der Waals surface area contributed by atoms with Gasteiger partial charge in [0.15, 0.2) is 0 Å². The lowest BCUT2D eigenvalue weighted by molar-refractivity contribution is 0.102. The molecule has 7 nitrogen and oxygen atoms in total. The van der Waals surface area contributed by atoms with Gasteiger partial charge in [0.25, 0.3) is 5.91 Å². The van der Waals surface area contributed by atoms with Gasteiger partial charge >= 0.3 is 0 Å². The van der Waals surface area contributed by atoms with E-state index in [1.54, 1.807) is 32.0 Å². The molecule has 0 atom stereocenters. The third kappa shape index (κ3) is 4.81. The molecular formula is C15H20ClN3O4S. The summed E-state index contributed by atoms with van der Waals surface area (Å²) in [5, 5.41) is 2.67. The molecule has 0 fully saturated rings. The summed E-state index contributed by atoms with van der Waals surface area (Å²) in [6, 6.07) is 7.64. The molecule has 0 bridgehead atoms. The van der Waals surface area contributed by atoms with Gasteiger partial charge in [-0.1, -0.05) is 6.07 Å². The molecule has 0 radical (unpaired) electrons. The molecule has 0 spiro atoms. The Balaban J connectivity index is 0.00000288. The zero-order valence-electron chi connectivity index (χ0n) is 13.3. The molecule has 0 aliphatic carbocycles. The van der Waals surface area contributed by atoms with Gasteiger partial charge in [0.1, 0.15) is 11.5 Å². The summed E-state index contributed by atoms with van der Waals surface area (Å²) >= 11 is 0. The van der Waals surface area contributed by atoms with Crippen molar-refractivity contribution in [2.24, 2.45) is 5.73 Å². The molecule has 24 heavy (non-hydrogen) atoms. The Morgan fingerprint density at radius 3 is 2.54 bits per heavy atom. The van der Waals surface area contributed by atoms with Crippen LogP contribution in [0.15, 0.2) is 39.6 Å². The van der Waals surface area contributed by atoms with E-state index < -0.39 is 10.0 Å². The molecule has 132 valence electrons. The van der Waals surface area contributed by atoms with Crippen molar-refractivity contribution < 1.29 is 17.6 Å². The maximum Gasteiger partial charge on any atom is 0.259 e. The van der Waals surface area contributed by atoms with Gasteiger partial charge in [-0.15, -0.1) is 12.4 Å². The first-order valence-electron chi connectivity index (χ1n) is 7.01. The Kier molecular flexibility index (Phi) is 6.97. The molecule has 4 N–H and O–H groups in total. The van der Waals surface area contributed by atoms with Gasteiger partial charge in [-0.05, 0) is 38.1 Å². The number of nitrogens with two attached hydrogens (primary N) is 1. The topological polar surface area (TPSA) is 114 Å². The number of carbonyl (C=O) groups excluding carboxylic acids is 1. The second-order valence-corrected chi connectivity index (χ2v) is 6.76. The smallest absolute Gasteiger partial charge is 0.259 e. The van der Waals surface area contributed by atoms with E-state index in [0.29, 0.717) is 22.8 Å². The Bertz CT molecular complexity index is 818. The van der Waals surface area contributed by atoms with Crippen LogP contribution in [0.5, 0.6) is 0 Å². The van der Waals surface area contributed by atoms with Crippen molar-refractivity contribution in [2.75, 3.05) is 18.4 Å². The summed E-state index contributed by atoms with van der Waals surface area (Å²) in [5.74, 6) is 0.784. The van der Waals surface area contributed by atoms with Gasteiger partial charge in [0.05, 0.1) is 10.5 Å². The largest absolute Gasteiger partial charge is 0.466 e. The third-order valence-corrected chi connectivity index (χ3v) is 4.58. The molecule has 1 aromatic heterocycles. The van der Waals surface area contributed by atoms with Crippen LogP contribution in [0, 0.1) is 13.8 Å². The van der Waals surface area contributed by atoms with Crippen molar-refractivity contribution in [3.05, 3.63) is 47.4 Å². The summed E-state index contributed by atoms with van der Waals surface area (Å²) in [6.45, 7) is 3.79. The fraction of sp³-hybridized carbons (Fsp3) is 0.267. The molecule has 0 saturated heterocycles. The maximum atomic E-state index is 12.2. The van der Waals surface area contributed by atoms with Gasteiger partial charge in [0, 0.05) is 18.8 Å². The van der Waals surface area contributed by atoms with Crippen LogP contribution in [0.3, 0.4) is 0 Å². The van der Waals surface area contributed by atoms with E-state index in [2.05, 4.69) is 10.0 Å². The van der Waals surface area contributed by atoms with Crippen LogP contribution >= 0.6 is 12.4 Å². The Morgan fingerprint density at radius 2 is 1.96 bits per heavy atom. The molecule has 0 aliphatic heterocycles. The highest BCUT2D eigenvalue weighted by Crippen LogP contribution is 2.19. The lowest BCUT2D eigenvalue weighted by Gasteiger charge is -2.08. The van der Waals surface area contributed by atoms with E-state index in [1.165, 1.54) is 12.1 Å². The van der Waals surface area contributed by atoms with Crippen molar-refractivity contribution in [3.8, 4) is 0 Å². The highest BCUT2D eigenvalue weighted by Gasteiger charge is 2.16. The minimum Gasteiger partial charge on any atom is -0.466 e. The molecule has 2 rings (SSSR count). The minimum absolute atomic E-state index is 0. The van der Waals surface area contributed by atoms with Crippen LogP contribution in [-0.2, 0) is 10.0 Å². The summed E-state index contributed by atoms with van der Waals surface area (Å²) in [7, 11) is -3.65. The first-order valence-corrected chi connectivity index (χ1v) is 8.50. The Labute approximate surface area is 147 Å².